The number of aromatic amines is 1. The maximum absolute atomic E-state index is 12.1. The van der Waals surface area contributed by atoms with Crippen LogP contribution in [-0.2, 0) is 0 Å². The quantitative estimate of drug-likeness (QED) is 0.660. The summed E-state index contributed by atoms with van der Waals surface area (Å²) in [5.41, 5.74) is -0.279. The van der Waals surface area contributed by atoms with E-state index >= 15 is 0 Å². The molecule has 8 nitrogen and oxygen atoms in total. The Morgan fingerprint density at radius 2 is 2.30 bits per heavy atom. The number of nitro groups is 1. The average molecular weight is 296 g/mol. The Morgan fingerprint density at radius 3 is 2.90 bits per heavy atom. The molecule has 1 atom stereocenters. The first-order valence-electron chi connectivity index (χ1n) is 5.59. The van der Waals surface area contributed by atoms with Crippen LogP contribution in [0.5, 0.6) is 0 Å². The topological polar surface area (TPSA) is 114 Å². The monoisotopic (exact) mass is 295 g/mol. The number of hydrogen-bond donors (Lipinski definition) is 2. The van der Waals surface area contributed by atoms with Crippen molar-refractivity contribution < 1.29 is 9.72 Å². The highest BCUT2D eigenvalue weighted by Crippen LogP contribution is 2.27. The van der Waals surface area contributed by atoms with Gasteiger partial charge in [-0.05, 0) is 13.0 Å². The fraction of sp³-hybridized carbons (Fsp3) is 0.182. The number of halogens is 1. The molecule has 1 heterocycles. The number of amides is 1. The number of carbonyl (C=O) groups excluding carboxylic acids is 1. The third kappa shape index (κ3) is 2.75. The Labute approximate surface area is 118 Å². The van der Waals surface area contributed by atoms with Crippen LogP contribution < -0.4 is 5.32 Å². The van der Waals surface area contributed by atoms with Crippen LogP contribution >= 0.6 is 11.6 Å². The molecule has 1 amide bonds. The molecular weight excluding hydrogens is 286 g/mol. The molecule has 104 valence electrons. The Hall–Kier alpha value is -2.48. The Balaban J connectivity index is 2.22. The summed E-state index contributed by atoms with van der Waals surface area (Å²) in [6.45, 7) is 1.70. The van der Waals surface area contributed by atoms with E-state index in [1.807, 2.05) is 0 Å². The molecule has 20 heavy (non-hydrogen) atoms. The van der Waals surface area contributed by atoms with Crippen LogP contribution in [0.3, 0.4) is 0 Å². The van der Waals surface area contributed by atoms with Gasteiger partial charge in [0.1, 0.15) is 17.2 Å². The van der Waals surface area contributed by atoms with Crippen LogP contribution in [-0.4, -0.2) is 26.0 Å². The van der Waals surface area contributed by atoms with Crippen LogP contribution in [0.2, 0.25) is 5.02 Å². The number of H-pyrrole nitrogens is 1. The fourth-order valence-corrected chi connectivity index (χ4v) is 1.88. The molecule has 0 saturated heterocycles. The van der Waals surface area contributed by atoms with Crippen LogP contribution in [0, 0.1) is 10.1 Å². The number of rotatable bonds is 4. The normalized spacial score (nSPS) is 11.9. The molecule has 0 radical (unpaired) electrons. The molecule has 2 N–H and O–H groups in total. The van der Waals surface area contributed by atoms with Crippen LogP contribution in [0.15, 0.2) is 24.5 Å². The summed E-state index contributed by atoms with van der Waals surface area (Å²) in [6, 6.07) is 3.62. The van der Waals surface area contributed by atoms with Gasteiger partial charge in [0.2, 0.25) is 0 Å². The van der Waals surface area contributed by atoms with Crippen molar-refractivity contribution in [2.24, 2.45) is 0 Å². The number of carbonyl (C=O) groups is 1. The van der Waals surface area contributed by atoms with Crippen molar-refractivity contribution in [3.8, 4) is 0 Å². The Bertz CT molecular complexity index is 644. The highest BCUT2D eigenvalue weighted by atomic mass is 35.5. The van der Waals surface area contributed by atoms with Crippen molar-refractivity contribution in [2.45, 2.75) is 13.0 Å². The minimum atomic E-state index is -0.640. The number of nitrogens with zero attached hydrogens (tertiary/aromatic N) is 3. The number of aromatic nitrogens is 3. The molecule has 0 saturated carbocycles. The van der Waals surface area contributed by atoms with Crippen LogP contribution in [0.25, 0.3) is 0 Å². The lowest BCUT2D eigenvalue weighted by atomic mass is 10.1. The van der Waals surface area contributed by atoms with Crippen molar-refractivity contribution >= 4 is 23.2 Å². The molecule has 0 aliphatic heterocycles. The van der Waals surface area contributed by atoms with Gasteiger partial charge >= 0.3 is 0 Å². The number of benzene rings is 1. The van der Waals surface area contributed by atoms with Gasteiger partial charge in [-0.3, -0.25) is 20.0 Å². The molecular formula is C11H10ClN5O3. The van der Waals surface area contributed by atoms with Crippen molar-refractivity contribution in [3.63, 3.8) is 0 Å². The second-order valence-electron chi connectivity index (χ2n) is 3.96. The summed E-state index contributed by atoms with van der Waals surface area (Å²) < 4.78 is 0. The van der Waals surface area contributed by atoms with Gasteiger partial charge in [-0.2, -0.15) is 5.10 Å². The van der Waals surface area contributed by atoms with E-state index in [2.05, 4.69) is 20.5 Å². The van der Waals surface area contributed by atoms with Crippen molar-refractivity contribution in [2.75, 3.05) is 0 Å². The molecule has 9 heteroatoms. The summed E-state index contributed by atoms with van der Waals surface area (Å²) in [6.07, 6.45) is 1.32. The highest BCUT2D eigenvalue weighted by molar-refractivity contribution is 6.35. The van der Waals surface area contributed by atoms with E-state index in [0.717, 1.165) is 0 Å². The lowest BCUT2D eigenvalue weighted by Gasteiger charge is -2.11. The Kier molecular flexibility index (Phi) is 3.94. The van der Waals surface area contributed by atoms with E-state index in [4.69, 9.17) is 11.6 Å². The largest absolute Gasteiger partial charge is 0.342 e. The van der Waals surface area contributed by atoms with E-state index < -0.39 is 16.9 Å². The van der Waals surface area contributed by atoms with Gasteiger partial charge < -0.3 is 5.32 Å². The second-order valence-corrected chi connectivity index (χ2v) is 4.34. The first-order valence-corrected chi connectivity index (χ1v) is 5.97. The predicted molar refractivity (Wildman–Crippen MR) is 70.4 cm³/mol. The van der Waals surface area contributed by atoms with E-state index in [1.54, 1.807) is 6.92 Å². The molecule has 0 spiro atoms. The van der Waals surface area contributed by atoms with Gasteiger partial charge in [0.15, 0.2) is 0 Å². The fourth-order valence-electron chi connectivity index (χ4n) is 1.60. The summed E-state index contributed by atoms with van der Waals surface area (Å²) in [5, 5.41) is 19.5. The summed E-state index contributed by atoms with van der Waals surface area (Å²) >= 11 is 5.87. The van der Waals surface area contributed by atoms with Crippen LogP contribution in [0.4, 0.5) is 5.69 Å². The molecule has 1 unspecified atom stereocenters. The molecule has 1 aromatic heterocycles. The molecule has 0 fully saturated rings. The molecule has 1 aromatic carbocycles. The van der Waals surface area contributed by atoms with Gasteiger partial charge in [-0.15, -0.1) is 0 Å². The van der Waals surface area contributed by atoms with Gasteiger partial charge in [-0.1, -0.05) is 17.7 Å². The predicted octanol–water partition coefficient (Wildman–Crippen LogP) is 1.86. The van der Waals surface area contributed by atoms with Crippen molar-refractivity contribution in [3.05, 3.63) is 51.1 Å². The minimum absolute atomic E-state index is 0.0345. The van der Waals surface area contributed by atoms with E-state index in [1.165, 1.54) is 24.5 Å². The van der Waals surface area contributed by atoms with E-state index in [-0.39, 0.29) is 16.3 Å². The zero-order valence-corrected chi connectivity index (χ0v) is 11.1. The first kappa shape index (κ1) is 13.9. The third-order valence-corrected chi connectivity index (χ3v) is 3.01. The minimum Gasteiger partial charge on any atom is -0.342 e. The first-order chi connectivity index (χ1) is 9.50. The van der Waals surface area contributed by atoms with Gasteiger partial charge in [0.05, 0.1) is 16.5 Å². The average Bonchev–Trinajstić information content (AvgIpc) is 2.92. The van der Waals surface area contributed by atoms with E-state index in [9.17, 15) is 14.9 Å². The lowest BCUT2D eigenvalue weighted by molar-refractivity contribution is -0.384. The number of hydrogen-bond acceptors (Lipinski definition) is 5. The van der Waals surface area contributed by atoms with Crippen molar-refractivity contribution in [1.29, 1.82) is 0 Å². The van der Waals surface area contributed by atoms with Gasteiger partial charge in [-0.25, -0.2) is 4.98 Å². The lowest BCUT2D eigenvalue weighted by Crippen LogP contribution is -2.27. The number of nitrogens with one attached hydrogen (secondary N) is 2. The standard InChI is InChI=1S/C11H10ClN5O3/c1-6(10-13-5-14-16-10)15-11(18)7-3-2-4-8(9(7)12)17(19)20/h2-6H,1H3,(H,15,18)(H,13,14,16). The Morgan fingerprint density at radius 1 is 1.55 bits per heavy atom. The van der Waals surface area contributed by atoms with Gasteiger partial charge in [0.25, 0.3) is 11.6 Å². The number of nitro benzene ring substituents is 1. The second kappa shape index (κ2) is 5.66. The van der Waals surface area contributed by atoms with E-state index in [0.29, 0.717) is 5.82 Å². The van der Waals surface area contributed by atoms with Crippen LogP contribution in [0.1, 0.15) is 29.1 Å². The summed E-state index contributed by atoms with van der Waals surface area (Å²) in [5.74, 6) is -0.0532. The molecule has 0 aliphatic rings. The molecule has 0 aliphatic carbocycles. The summed E-state index contributed by atoms with van der Waals surface area (Å²) in [7, 11) is 0. The van der Waals surface area contributed by atoms with Crippen molar-refractivity contribution in [1.82, 2.24) is 20.5 Å². The summed E-state index contributed by atoms with van der Waals surface area (Å²) in [4.78, 5) is 26.1. The zero-order valence-electron chi connectivity index (χ0n) is 10.3. The third-order valence-electron chi connectivity index (χ3n) is 2.61. The maximum Gasteiger partial charge on any atom is 0.288 e. The SMILES string of the molecule is CC(NC(=O)c1cccc([N+](=O)[O-])c1Cl)c1ncn[nH]1. The van der Waals surface area contributed by atoms with Gasteiger partial charge in [0, 0.05) is 6.07 Å². The maximum atomic E-state index is 12.1. The zero-order chi connectivity index (χ0) is 14.7. The highest BCUT2D eigenvalue weighted by Gasteiger charge is 2.21. The smallest absolute Gasteiger partial charge is 0.288 e. The molecule has 2 rings (SSSR count). The molecule has 0 bridgehead atoms. The molecule has 2 aromatic rings.